The third kappa shape index (κ3) is 3.85. The zero-order valence-electron chi connectivity index (χ0n) is 15.8. The smallest absolute Gasteiger partial charge is 0.339 e. The number of carbonyl (C=O) groups is 1. The molecule has 0 aliphatic carbocycles. The van der Waals surface area contributed by atoms with Crippen LogP contribution in [-0.2, 0) is 4.74 Å². The topological polar surface area (TPSA) is 84.3 Å². The van der Waals surface area contributed by atoms with Gasteiger partial charge in [-0.15, -0.1) is 0 Å². The van der Waals surface area contributed by atoms with Gasteiger partial charge in [-0.25, -0.2) is 19.7 Å². The summed E-state index contributed by atoms with van der Waals surface area (Å²) in [6.45, 7) is 5.62. The maximum atomic E-state index is 11.8. The lowest BCUT2D eigenvalue weighted by Crippen LogP contribution is -2.31. The second-order valence-electron chi connectivity index (χ2n) is 6.52. The molecule has 0 radical (unpaired) electrons. The normalized spacial score (nSPS) is 14.8. The molecule has 0 unspecified atom stereocenters. The zero-order valence-corrected chi connectivity index (χ0v) is 15.8. The number of nitrogens with zero attached hydrogens (tertiary/aromatic N) is 6. The highest BCUT2D eigenvalue weighted by Crippen LogP contribution is 2.19. The fourth-order valence-corrected chi connectivity index (χ4v) is 3.30. The van der Waals surface area contributed by atoms with Crippen LogP contribution in [0.5, 0.6) is 0 Å². The van der Waals surface area contributed by atoms with Crippen LogP contribution in [0.1, 0.15) is 23.7 Å². The lowest BCUT2D eigenvalue weighted by molar-refractivity contribution is 0.0526. The fourth-order valence-electron chi connectivity index (χ4n) is 3.30. The van der Waals surface area contributed by atoms with Crippen LogP contribution < -0.4 is 9.80 Å². The van der Waals surface area contributed by atoms with E-state index in [9.17, 15) is 4.79 Å². The number of hydrogen-bond acceptors (Lipinski definition) is 8. The number of esters is 1. The fraction of sp³-hybridized carbons (Fsp3) is 0.350. The van der Waals surface area contributed by atoms with E-state index >= 15 is 0 Å². The summed E-state index contributed by atoms with van der Waals surface area (Å²) in [6, 6.07) is 7.61. The number of anilines is 2. The van der Waals surface area contributed by atoms with Crippen LogP contribution in [0.2, 0.25) is 0 Å². The van der Waals surface area contributed by atoms with Crippen LogP contribution in [0.15, 0.2) is 42.9 Å². The number of hydrogen-bond donors (Lipinski definition) is 0. The molecule has 3 aromatic heterocycles. The average molecular weight is 378 g/mol. The minimum absolute atomic E-state index is 0.339. The standard InChI is InChI=1S/C20H22N6O2/c1-2-28-20(27)15-4-6-17(23-14-15)25-10-3-11-26(13-12-25)18-7-5-16-19(24-18)22-9-8-21-16/h4-9,14H,2-3,10-13H2,1H3. The van der Waals surface area contributed by atoms with Crippen LogP contribution >= 0.6 is 0 Å². The maximum absolute atomic E-state index is 11.8. The Hall–Kier alpha value is -3.29. The SMILES string of the molecule is CCOC(=O)c1ccc(N2CCCN(c3ccc4nccnc4n3)CC2)nc1. The number of ether oxygens (including phenoxy) is 1. The Morgan fingerprint density at radius 3 is 2.46 bits per heavy atom. The molecule has 28 heavy (non-hydrogen) atoms. The van der Waals surface area contributed by atoms with Crippen molar-refractivity contribution in [3.05, 3.63) is 48.4 Å². The summed E-state index contributed by atoms with van der Waals surface area (Å²) in [7, 11) is 0. The molecule has 8 nitrogen and oxygen atoms in total. The molecule has 8 heteroatoms. The van der Waals surface area contributed by atoms with E-state index in [0.29, 0.717) is 17.8 Å². The Balaban J connectivity index is 1.45. The highest BCUT2D eigenvalue weighted by Gasteiger charge is 2.18. The highest BCUT2D eigenvalue weighted by atomic mass is 16.5. The summed E-state index contributed by atoms with van der Waals surface area (Å²) in [5, 5.41) is 0. The van der Waals surface area contributed by atoms with E-state index in [-0.39, 0.29) is 5.97 Å². The Labute approximate surface area is 163 Å². The first kappa shape index (κ1) is 18.1. The predicted molar refractivity (Wildman–Crippen MR) is 107 cm³/mol. The molecule has 1 aliphatic heterocycles. The van der Waals surface area contributed by atoms with Crippen molar-refractivity contribution in [2.45, 2.75) is 13.3 Å². The van der Waals surface area contributed by atoms with E-state index in [1.807, 2.05) is 18.2 Å². The molecule has 3 aromatic rings. The van der Waals surface area contributed by atoms with Gasteiger partial charge in [-0.1, -0.05) is 0 Å². The second-order valence-corrected chi connectivity index (χ2v) is 6.52. The van der Waals surface area contributed by atoms with E-state index in [4.69, 9.17) is 4.74 Å². The van der Waals surface area contributed by atoms with Gasteiger partial charge in [0.1, 0.15) is 17.2 Å². The summed E-state index contributed by atoms with van der Waals surface area (Å²) in [5.74, 6) is 1.45. The molecule has 0 bridgehead atoms. The third-order valence-corrected chi connectivity index (χ3v) is 4.72. The zero-order chi connectivity index (χ0) is 19.3. The molecule has 1 aliphatic rings. The van der Waals surface area contributed by atoms with Gasteiger partial charge in [0.05, 0.1) is 12.2 Å². The molecule has 0 atom stereocenters. The van der Waals surface area contributed by atoms with Crippen molar-refractivity contribution in [1.29, 1.82) is 0 Å². The van der Waals surface area contributed by atoms with Crippen LogP contribution in [0, 0.1) is 0 Å². The van der Waals surface area contributed by atoms with Crippen LogP contribution in [-0.4, -0.2) is 58.7 Å². The van der Waals surface area contributed by atoms with Gasteiger partial charge in [-0.05, 0) is 37.6 Å². The molecule has 1 saturated heterocycles. The molecule has 0 amide bonds. The Morgan fingerprint density at radius 1 is 0.964 bits per heavy atom. The maximum Gasteiger partial charge on any atom is 0.339 e. The van der Waals surface area contributed by atoms with E-state index in [1.54, 1.807) is 31.6 Å². The number of aromatic nitrogens is 4. The van der Waals surface area contributed by atoms with Crippen LogP contribution in [0.4, 0.5) is 11.6 Å². The first-order valence-electron chi connectivity index (χ1n) is 9.45. The summed E-state index contributed by atoms with van der Waals surface area (Å²) < 4.78 is 5.01. The molecule has 4 rings (SSSR count). The number of carbonyl (C=O) groups excluding carboxylic acids is 1. The van der Waals surface area contributed by atoms with E-state index in [2.05, 4.69) is 29.7 Å². The van der Waals surface area contributed by atoms with Gasteiger partial charge >= 0.3 is 5.97 Å². The van der Waals surface area contributed by atoms with Crippen LogP contribution in [0.3, 0.4) is 0 Å². The predicted octanol–water partition coefficient (Wildman–Crippen LogP) is 2.31. The second kappa shape index (κ2) is 8.16. The highest BCUT2D eigenvalue weighted by molar-refractivity contribution is 5.89. The van der Waals surface area contributed by atoms with Gasteiger partial charge in [-0.3, -0.25) is 4.98 Å². The lowest BCUT2D eigenvalue weighted by Gasteiger charge is -2.23. The van der Waals surface area contributed by atoms with Crippen molar-refractivity contribution in [1.82, 2.24) is 19.9 Å². The van der Waals surface area contributed by atoms with Gasteiger partial charge in [-0.2, -0.15) is 0 Å². The molecule has 144 valence electrons. The lowest BCUT2D eigenvalue weighted by atomic mass is 10.2. The van der Waals surface area contributed by atoms with Gasteiger partial charge in [0, 0.05) is 44.8 Å². The summed E-state index contributed by atoms with van der Waals surface area (Å²) in [5.41, 5.74) is 1.94. The average Bonchev–Trinajstić information content (AvgIpc) is 3.00. The van der Waals surface area contributed by atoms with Crippen molar-refractivity contribution < 1.29 is 9.53 Å². The van der Waals surface area contributed by atoms with Gasteiger partial charge in [0.15, 0.2) is 5.65 Å². The van der Waals surface area contributed by atoms with E-state index in [0.717, 1.165) is 49.8 Å². The first-order valence-corrected chi connectivity index (χ1v) is 9.45. The van der Waals surface area contributed by atoms with Crippen molar-refractivity contribution in [2.24, 2.45) is 0 Å². The minimum atomic E-state index is -0.339. The van der Waals surface area contributed by atoms with Crippen molar-refractivity contribution in [2.75, 3.05) is 42.6 Å². The summed E-state index contributed by atoms with van der Waals surface area (Å²) >= 11 is 0. The summed E-state index contributed by atoms with van der Waals surface area (Å²) in [4.78, 5) is 34.0. The molecule has 4 heterocycles. The molecule has 0 aromatic carbocycles. The molecular weight excluding hydrogens is 356 g/mol. The number of rotatable bonds is 4. The van der Waals surface area contributed by atoms with Gasteiger partial charge in [0.2, 0.25) is 0 Å². The van der Waals surface area contributed by atoms with Gasteiger partial charge < -0.3 is 14.5 Å². The number of fused-ring (bicyclic) bond motifs is 1. The van der Waals surface area contributed by atoms with E-state index < -0.39 is 0 Å². The van der Waals surface area contributed by atoms with E-state index in [1.165, 1.54) is 0 Å². The molecular formula is C20H22N6O2. The minimum Gasteiger partial charge on any atom is -0.462 e. The molecule has 0 spiro atoms. The quantitative estimate of drug-likeness (QED) is 0.640. The molecule has 0 saturated carbocycles. The monoisotopic (exact) mass is 378 g/mol. The van der Waals surface area contributed by atoms with Crippen molar-refractivity contribution in [3.63, 3.8) is 0 Å². The number of pyridine rings is 2. The first-order chi connectivity index (χ1) is 13.7. The largest absolute Gasteiger partial charge is 0.462 e. The Morgan fingerprint density at radius 2 is 1.71 bits per heavy atom. The third-order valence-electron chi connectivity index (χ3n) is 4.72. The Bertz CT molecular complexity index is 962. The Kier molecular flexibility index (Phi) is 5.27. The van der Waals surface area contributed by atoms with Crippen LogP contribution in [0.25, 0.3) is 11.2 Å². The molecule has 0 N–H and O–H groups in total. The van der Waals surface area contributed by atoms with Crippen molar-refractivity contribution >= 4 is 28.8 Å². The molecule has 1 fully saturated rings. The van der Waals surface area contributed by atoms with Crippen molar-refractivity contribution in [3.8, 4) is 0 Å². The van der Waals surface area contributed by atoms with Gasteiger partial charge in [0.25, 0.3) is 0 Å². The summed E-state index contributed by atoms with van der Waals surface area (Å²) in [6.07, 6.45) is 5.91.